The first kappa shape index (κ1) is 23.3. The molecule has 0 radical (unpaired) electrons. The number of hydrogen-bond donors (Lipinski definition) is 1. The first-order chi connectivity index (χ1) is 16.0. The standard InChI is InChI=1S/C24H28N2O6S/c1-3-32-17-7-6-16(15-18(17)30-2)21-20(22(27)19-5-4-14-33-19)23(28)24(29)26(21)9-8-25-10-12-31-13-11-25/h4-7,14-15,21,28H,3,8-13H2,1-2H3/t21-/m1/s1. The SMILES string of the molecule is CCOc1ccc([C@@H]2C(C(=O)c3cccs3)=C(O)C(=O)N2CCN2CCOCC2)cc1OC. The summed E-state index contributed by atoms with van der Waals surface area (Å²) in [4.78, 5) is 30.7. The van der Waals surface area contributed by atoms with Crippen molar-refractivity contribution in [1.29, 1.82) is 0 Å². The Morgan fingerprint density at radius 1 is 1.21 bits per heavy atom. The van der Waals surface area contributed by atoms with E-state index in [0.29, 0.717) is 54.8 Å². The van der Waals surface area contributed by atoms with Crippen molar-refractivity contribution in [2.45, 2.75) is 13.0 Å². The quantitative estimate of drug-likeness (QED) is 0.561. The maximum atomic E-state index is 13.4. The second kappa shape index (κ2) is 10.4. The number of thiophene rings is 1. The second-order valence-corrected chi connectivity index (χ2v) is 8.71. The van der Waals surface area contributed by atoms with Gasteiger partial charge in [0, 0.05) is 26.2 Å². The van der Waals surface area contributed by atoms with Crippen molar-refractivity contribution in [1.82, 2.24) is 9.80 Å². The van der Waals surface area contributed by atoms with E-state index >= 15 is 0 Å². The van der Waals surface area contributed by atoms with Gasteiger partial charge in [-0.25, -0.2) is 0 Å². The van der Waals surface area contributed by atoms with Crippen LogP contribution < -0.4 is 9.47 Å². The summed E-state index contributed by atoms with van der Waals surface area (Å²) >= 11 is 1.28. The highest BCUT2D eigenvalue weighted by Crippen LogP contribution is 2.42. The highest BCUT2D eigenvalue weighted by atomic mass is 32.1. The number of benzene rings is 1. The first-order valence-corrected chi connectivity index (χ1v) is 11.9. The Hall–Kier alpha value is -2.88. The van der Waals surface area contributed by atoms with Crippen LogP contribution in [0.3, 0.4) is 0 Å². The van der Waals surface area contributed by atoms with Gasteiger partial charge in [-0.1, -0.05) is 12.1 Å². The molecule has 0 unspecified atom stereocenters. The molecule has 1 aromatic carbocycles. The van der Waals surface area contributed by atoms with E-state index in [0.717, 1.165) is 13.1 Å². The van der Waals surface area contributed by atoms with Crippen LogP contribution in [0.1, 0.15) is 28.2 Å². The molecule has 1 fully saturated rings. The second-order valence-electron chi connectivity index (χ2n) is 7.77. The van der Waals surface area contributed by atoms with E-state index in [2.05, 4.69) is 4.90 Å². The van der Waals surface area contributed by atoms with Crippen molar-refractivity contribution in [2.24, 2.45) is 0 Å². The summed E-state index contributed by atoms with van der Waals surface area (Å²) in [5.74, 6) is -0.298. The minimum atomic E-state index is -0.724. The Morgan fingerprint density at radius 3 is 2.67 bits per heavy atom. The van der Waals surface area contributed by atoms with Gasteiger partial charge in [-0.05, 0) is 36.1 Å². The molecule has 176 valence electrons. The number of rotatable bonds is 9. The molecule has 4 rings (SSSR count). The summed E-state index contributed by atoms with van der Waals surface area (Å²) in [5.41, 5.74) is 0.769. The fourth-order valence-corrected chi connectivity index (χ4v) is 4.88. The maximum Gasteiger partial charge on any atom is 0.290 e. The van der Waals surface area contributed by atoms with Crippen molar-refractivity contribution < 1.29 is 28.9 Å². The van der Waals surface area contributed by atoms with Crippen LogP contribution in [0, 0.1) is 0 Å². The predicted octanol–water partition coefficient (Wildman–Crippen LogP) is 3.07. The fourth-order valence-electron chi connectivity index (χ4n) is 4.21. The Labute approximate surface area is 197 Å². The summed E-state index contributed by atoms with van der Waals surface area (Å²) in [5, 5.41) is 12.6. The molecule has 33 heavy (non-hydrogen) atoms. The number of hydrogen-bond acceptors (Lipinski definition) is 8. The Morgan fingerprint density at radius 2 is 2.00 bits per heavy atom. The fraction of sp³-hybridized carbons (Fsp3) is 0.417. The molecule has 0 spiro atoms. The number of morpholine rings is 1. The molecule has 0 aliphatic carbocycles. The van der Waals surface area contributed by atoms with Gasteiger partial charge in [0.25, 0.3) is 5.91 Å². The third-order valence-electron chi connectivity index (χ3n) is 5.86. The zero-order valence-electron chi connectivity index (χ0n) is 18.8. The van der Waals surface area contributed by atoms with E-state index in [4.69, 9.17) is 14.2 Å². The average Bonchev–Trinajstić information content (AvgIpc) is 3.46. The molecule has 2 aromatic rings. The molecule has 1 saturated heterocycles. The summed E-state index contributed by atoms with van der Waals surface area (Å²) < 4.78 is 16.5. The lowest BCUT2D eigenvalue weighted by molar-refractivity contribution is -0.129. The third-order valence-corrected chi connectivity index (χ3v) is 6.73. The van der Waals surface area contributed by atoms with E-state index in [1.807, 2.05) is 13.0 Å². The number of aliphatic hydroxyl groups excluding tert-OH is 1. The largest absolute Gasteiger partial charge is 0.503 e. The number of carbonyl (C=O) groups excluding carboxylic acids is 2. The van der Waals surface area contributed by atoms with Crippen molar-refractivity contribution in [3.05, 3.63) is 57.5 Å². The van der Waals surface area contributed by atoms with Crippen LogP contribution in [-0.2, 0) is 9.53 Å². The minimum absolute atomic E-state index is 0.0932. The number of ketones is 1. The van der Waals surface area contributed by atoms with Crippen molar-refractivity contribution in [3.63, 3.8) is 0 Å². The lowest BCUT2D eigenvalue weighted by Crippen LogP contribution is -2.43. The van der Waals surface area contributed by atoms with Crippen LogP contribution in [0.4, 0.5) is 0 Å². The lowest BCUT2D eigenvalue weighted by atomic mass is 9.95. The number of nitrogens with zero attached hydrogens (tertiary/aromatic N) is 2. The minimum Gasteiger partial charge on any atom is -0.503 e. The van der Waals surface area contributed by atoms with Crippen LogP contribution in [0.15, 0.2) is 47.0 Å². The number of aliphatic hydroxyl groups is 1. The van der Waals surface area contributed by atoms with Gasteiger partial charge in [0.05, 0.1) is 43.4 Å². The topological polar surface area (TPSA) is 88.5 Å². The highest BCUT2D eigenvalue weighted by molar-refractivity contribution is 7.12. The van der Waals surface area contributed by atoms with E-state index in [1.54, 1.807) is 41.7 Å². The molecular formula is C24H28N2O6S. The predicted molar refractivity (Wildman–Crippen MR) is 124 cm³/mol. The molecule has 9 heteroatoms. The first-order valence-electron chi connectivity index (χ1n) is 11.0. The number of carbonyl (C=O) groups is 2. The van der Waals surface area contributed by atoms with E-state index in [9.17, 15) is 14.7 Å². The average molecular weight is 473 g/mol. The van der Waals surface area contributed by atoms with Crippen LogP contribution in [-0.4, -0.2) is 79.7 Å². The molecule has 3 heterocycles. The Kier molecular flexibility index (Phi) is 7.32. The van der Waals surface area contributed by atoms with Crippen LogP contribution in [0.2, 0.25) is 0 Å². The van der Waals surface area contributed by atoms with Gasteiger partial charge in [-0.3, -0.25) is 14.5 Å². The molecule has 0 saturated carbocycles. The van der Waals surface area contributed by atoms with Crippen LogP contribution in [0.5, 0.6) is 11.5 Å². The van der Waals surface area contributed by atoms with Gasteiger partial charge < -0.3 is 24.2 Å². The highest BCUT2D eigenvalue weighted by Gasteiger charge is 2.44. The summed E-state index contributed by atoms with van der Waals surface area (Å²) in [6, 6.07) is 8.10. The number of methoxy groups -OCH3 is 1. The van der Waals surface area contributed by atoms with Gasteiger partial charge in [0.1, 0.15) is 0 Å². The monoisotopic (exact) mass is 472 g/mol. The maximum absolute atomic E-state index is 13.4. The summed E-state index contributed by atoms with van der Waals surface area (Å²) in [7, 11) is 1.54. The Bertz CT molecular complexity index is 1030. The van der Waals surface area contributed by atoms with Crippen molar-refractivity contribution in [3.8, 4) is 11.5 Å². The number of Topliss-reactive ketones (excluding diaryl/α,β-unsaturated/α-hetero) is 1. The molecule has 8 nitrogen and oxygen atoms in total. The van der Waals surface area contributed by atoms with E-state index in [-0.39, 0.29) is 11.4 Å². The molecule has 1 amide bonds. The molecule has 2 aliphatic rings. The Balaban J connectivity index is 1.70. The van der Waals surface area contributed by atoms with Crippen LogP contribution in [0.25, 0.3) is 0 Å². The lowest BCUT2D eigenvalue weighted by Gasteiger charge is -2.31. The van der Waals surface area contributed by atoms with Crippen LogP contribution >= 0.6 is 11.3 Å². The zero-order chi connectivity index (χ0) is 23.4. The van der Waals surface area contributed by atoms with E-state index < -0.39 is 17.7 Å². The van der Waals surface area contributed by atoms with Gasteiger partial charge in [0.2, 0.25) is 5.78 Å². The third kappa shape index (κ3) is 4.75. The smallest absolute Gasteiger partial charge is 0.290 e. The molecule has 0 bridgehead atoms. The van der Waals surface area contributed by atoms with Crippen molar-refractivity contribution in [2.75, 3.05) is 53.1 Å². The normalized spacial score (nSPS) is 19.3. The van der Waals surface area contributed by atoms with Gasteiger partial charge in [-0.2, -0.15) is 0 Å². The van der Waals surface area contributed by atoms with E-state index in [1.165, 1.54) is 11.3 Å². The molecule has 1 aromatic heterocycles. The molecule has 1 atom stereocenters. The molecule has 2 aliphatic heterocycles. The summed E-state index contributed by atoms with van der Waals surface area (Å²) in [6.07, 6.45) is 0. The molecule has 1 N–H and O–H groups in total. The zero-order valence-corrected chi connectivity index (χ0v) is 19.6. The van der Waals surface area contributed by atoms with Crippen molar-refractivity contribution >= 4 is 23.0 Å². The number of amides is 1. The summed E-state index contributed by atoms with van der Waals surface area (Å²) in [6.45, 7) is 6.21. The van der Waals surface area contributed by atoms with Gasteiger partial charge in [-0.15, -0.1) is 11.3 Å². The van der Waals surface area contributed by atoms with Gasteiger partial charge in [0.15, 0.2) is 17.3 Å². The molecular weight excluding hydrogens is 444 g/mol. The number of ether oxygens (including phenoxy) is 3. The van der Waals surface area contributed by atoms with Gasteiger partial charge >= 0.3 is 0 Å².